The second-order valence-electron chi connectivity index (χ2n) is 4.39. The number of alkyl halides is 1. The first kappa shape index (κ1) is 13.1. The number of benzene rings is 1. The maximum atomic E-state index is 12.0. The molecule has 2 N–H and O–H groups in total. The maximum absolute atomic E-state index is 12.0. The number of carbonyl (C=O) groups excluding carboxylic acids is 1. The van der Waals surface area contributed by atoms with Gasteiger partial charge in [-0.05, 0) is 60.1 Å². The van der Waals surface area contributed by atoms with Gasteiger partial charge in [0.05, 0.1) is 9.11 Å². The van der Waals surface area contributed by atoms with Crippen LogP contribution in [0.4, 0.5) is 0 Å². The van der Waals surface area contributed by atoms with Gasteiger partial charge in [0.1, 0.15) is 5.75 Å². The monoisotopic (exact) mass is 409 g/mol. The van der Waals surface area contributed by atoms with Crippen molar-refractivity contribution in [1.82, 2.24) is 5.32 Å². The van der Waals surface area contributed by atoms with Crippen molar-refractivity contribution in [2.75, 3.05) is 5.33 Å². The zero-order valence-electron chi connectivity index (χ0n) is 9.17. The van der Waals surface area contributed by atoms with Gasteiger partial charge in [-0.3, -0.25) is 4.79 Å². The van der Waals surface area contributed by atoms with Crippen LogP contribution in [-0.4, -0.2) is 21.9 Å². The van der Waals surface area contributed by atoms with Gasteiger partial charge in [0.2, 0.25) is 0 Å². The van der Waals surface area contributed by atoms with Gasteiger partial charge in [-0.25, -0.2) is 0 Å². The number of rotatable bonds is 3. The number of phenols is 1. The molecule has 92 valence electrons. The van der Waals surface area contributed by atoms with E-state index in [0.717, 1.165) is 28.2 Å². The largest absolute Gasteiger partial charge is 0.507 e. The lowest BCUT2D eigenvalue weighted by molar-refractivity contribution is 0.0856. The molecule has 0 aliphatic heterocycles. The van der Waals surface area contributed by atoms with E-state index >= 15 is 0 Å². The summed E-state index contributed by atoms with van der Waals surface area (Å²) in [5.74, 6) is 0.0376. The van der Waals surface area contributed by atoms with E-state index in [9.17, 15) is 9.90 Å². The maximum Gasteiger partial charge on any atom is 0.251 e. The molecule has 0 atom stereocenters. The van der Waals surface area contributed by atoms with E-state index in [4.69, 9.17) is 0 Å². The summed E-state index contributed by atoms with van der Waals surface area (Å²) in [6, 6.07) is 4.99. The summed E-state index contributed by atoms with van der Waals surface area (Å²) in [6.45, 7) is 0. The third kappa shape index (κ3) is 2.76. The van der Waals surface area contributed by atoms with Crippen LogP contribution in [0.2, 0.25) is 0 Å². The predicted molar refractivity (Wildman–Crippen MR) is 78.7 cm³/mol. The van der Waals surface area contributed by atoms with Crippen LogP contribution >= 0.6 is 38.5 Å². The Morgan fingerprint density at radius 1 is 1.53 bits per heavy atom. The molecule has 17 heavy (non-hydrogen) atoms. The molecule has 0 aromatic heterocycles. The first-order chi connectivity index (χ1) is 8.06. The topological polar surface area (TPSA) is 49.3 Å². The van der Waals surface area contributed by atoms with E-state index in [-0.39, 0.29) is 17.2 Å². The smallest absolute Gasteiger partial charge is 0.251 e. The summed E-state index contributed by atoms with van der Waals surface area (Å²) in [6.07, 6.45) is 3.19. The van der Waals surface area contributed by atoms with E-state index in [1.54, 1.807) is 12.1 Å². The Hall–Kier alpha value is -0.300. The zero-order chi connectivity index (χ0) is 12.5. The second kappa shape index (κ2) is 5.14. The Morgan fingerprint density at radius 2 is 2.24 bits per heavy atom. The molecule has 1 aromatic rings. The average Bonchev–Trinajstić information content (AvgIpc) is 2.27. The highest BCUT2D eigenvalue weighted by molar-refractivity contribution is 14.1. The lowest BCUT2D eigenvalue weighted by atomic mass is 9.78. The number of phenolic OH excluding ortho intramolecular Hbond substituents is 1. The van der Waals surface area contributed by atoms with Crippen molar-refractivity contribution in [2.45, 2.75) is 24.8 Å². The van der Waals surface area contributed by atoms with Crippen molar-refractivity contribution in [2.24, 2.45) is 0 Å². The number of carbonyl (C=O) groups is 1. The van der Waals surface area contributed by atoms with Crippen LogP contribution in [-0.2, 0) is 0 Å². The molecule has 1 amide bonds. The van der Waals surface area contributed by atoms with Gasteiger partial charge < -0.3 is 10.4 Å². The van der Waals surface area contributed by atoms with Gasteiger partial charge in [-0.2, -0.15) is 0 Å². The molecule has 3 nitrogen and oxygen atoms in total. The standard InChI is InChI=1S/C12H13BrINO2/c13-7-12(4-1-5-12)15-11(17)8-2-3-9(14)10(16)6-8/h2-3,6,16H,1,4-5,7H2,(H,15,17). The van der Waals surface area contributed by atoms with Gasteiger partial charge in [0, 0.05) is 10.9 Å². The Balaban J connectivity index is 2.11. The SMILES string of the molecule is O=C(NC1(CBr)CCC1)c1ccc(I)c(O)c1. The van der Waals surface area contributed by atoms with Gasteiger partial charge in [0.15, 0.2) is 0 Å². The van der Waals surface area contributed by atoms with Crippen molar-refractivity contribution in [3.8, 4) is 5.75 Å². The van der Waals surface area contributed by atoms with E-state index in [1.165, 1.54) is 6.07 Å². The number of halogens is 2. The van der Waals surface area contributed by atoms with E-state index in [2.05, 4.69) is 21.2 Å². The summed E-state index contributed by atoms with van der Waals surface area (Å²) >= 11 is 5.47. The molecular formula is C12H13BrINO2. The van der Waals surface area contributed by atoms with Crippen LogP contribution in [0.1, 0.15) is 29.6 Å². The Bertz CT molecular complexity index is 441. The van der Waals surface area contributed by atoms with E-state index in [0.29, 0.717) is 5.56 Å². The fraction of sp³-hybridized carbons (Fsp3) is 0.417. The molecule has 5 heteroatoms. The fourth-order valence-electron chi connectivity index (χ4n) is 1.86. The quantitative estimate of drug-likeness (QED) is 0.595. The van der Waals surface area contributed by atoms with Crippen LogP contribution in [0.5, 0.6) is 5.75 Å². The molecular weight excluding hydrogens is 397 g/mol. The fourth-order valence-corrected chi connectivity index (χ4v) is 2.90. The van der Waals surface area contributed by atoms with Crippen LogP contribution in [0.3, 0.4) is 0 Å². The number of hydrogen-bond acceptors (Lipinski definition) is 2. The van der Waals surface area contributed by atoms with Gasteiger partial charge in [-0.1, -0.05) is 15.9 Å². The van der Waals surface area contributed by atoms with Crippen LogP contribution in [0.25, 0.3) is 0 Å². The van der Waals surface area contributed by atoms with Crippen molar-refractivity contribution in [3.05, 3.63) is 27.3 Å². The lowest BCUT2D eigenvalue weighted by Gasteiger charge is -2.41. The minimum Gasteiger partial charge on any atom is -0.507 e. The number of nitrogens with one attached hydrogen (secondary N) is 1. The molecule has 0 radical (unpaired) electrons. The van der Waals surface area contributed by atoms with E-state index < -0.39 is 0 Å². The van der Waals surface area contributed by atoms with Gasteiger partial charge in [-0.15, -0.1) is 0 Å². The number of aromatic hydroxyl groups is 1. The summed E-state index contributed by atoms with van der Waals surface area (Å²) in [7, 11) is 0. The highest BCUT2D eigenvalue weighted by atomic mass is 127. The van der Waals surface area contributed by atoms with Crippen LogP contribution in [0, 0.1) is 3.57 Å². The first-order valence-corrected chi connectivity index (χ1v) is 7.63. The molecule has 2 rings (SSSR count). The Morgan fingerprint density at radius 3 is 2.71 bits per heavy atom. The molecule has 1 aromatic carbocycles. The minimum absolute atomic E-state index is 0.0876. The highest BCUT2D eigenvalue weighted by Gasteiger charge is 2.37. The molecule has 1 aliphatic carbocycles. The normalized spacial score (nSPS) is 17.3. The Kier molecular flexibility index (Phi) is 3.97. The molecule has 0 spiro atoms. The van der Waals surface area contributed by atoms with Crippen LogP contribution < -0.4 is 5.32 Å². The molecule has 1 fully saturated rings. The van der Waals surface area contributed by atoms with Crippen molar-refractivity contribution in [1.29, 1.82) is 0 Å². The molecule has 1 saturated carbocycles. The third-order valence-electron chi connectivity index (χ3n) is 3.15. The van der Waals surface area contributed by atoms with Crippen molar-refractivity contribution >= 4 is 44.4 Å². The van der Waals surface area contributed by atoms with Gasteiger partial charge >= 0.3 is 0 Å². The van der Waals surface area contributed by atoms with Crippen molar-refractivity contribution in [3.63, 3.8) is 0 Å². The van der Waals surface area contributed by atoms with Crippen molar-refractivity contribution < 1.29 is 9.90 Å². The second-order valence-corrected chi connectivity index (χ2v) is 6.11. The third-order valence-corrected chi connectivity index (χ3v) is 5.14. The van der Waals surface area contributed by atoms with Crippen LogP contribution in [0.15, 0.2) is 18.2 Å². The Labute approximate surface area is 122 Å². The molecule has 1 aliphatic rings. The molecule has 0 bridgehead atoms. The molecule has 0 unspecified atom stereocenters. The summed E-state index contributed by atoms with van der Waals surface area (Å²) in [5.41, 5.74) is 0.422. The number of amides is 1. The summed E-state index contributed by atoms with van der Waals surface area (Å²) < 4.78 is 0.748. The predicted octanol–water partition coefficient (Wildman–Crippen LogP) is 3.04. The zero-order valence-corrected chi connectivity index (χ0v) is 12.9. The van der Waals surface area contributed by atoms with E-state index in [1.807, 2.05) is 22.6 Å². The molecule has 0 saturated heterocycles. The first-order valence-electron chi connectivity index (χ1n) is 5.43. The molecule has 0 heterocycles. The minimum atomic E-state index is -0.115. The summed E-state index contributed by atoms with van der Waals surface area (Å²) in [5, 5.41) is 13.4. The summed E-state index contributed by atoms with van der Waals surface area (Å²) in [4.78, 5) is 12.0. The lowest BCUT2D eigenvalue weighted by Crippen LogP contribution is -2.54. The number of hydrogen-bond donors (Lipinski definition) is 2. The van der Waals surface area contributed by atoms with Gasteiger partial charge in [0.25, 0.3) is 5.91 Å². The average molecular weight is 410 g/mol. The highest BCUT2D eigenvalue weighted by Crippen LogP contribution is 2.33.